The van der Waals surface area contributed by atoms with Crippen LogP contribution in [0.25, 0.3) is 0 Å². The normalized spacial score (nSPS) is 18.9. The summed E-state index contributed by atoms with van der Waals surface area (Å²) in [6, 6.07) is 19.8. The van der Waals surface area contributed by atoms with Crippen molar-refractivity contribution in [2.45, 2.75) is 44.6 Å². The zero-order valence-corrected chi connectivity index (χ0v) is 22.1. The highest BCUT2D eigenvalue weighted by atomic mass is 19.3. The van der Waals surface area contributed by atoms with Gasteiger partial charge in [0.15, 0.2) is 5.78 Å². The van der Waals surface area contributed by atoms with Gasteiger partial charge < -0.3 is 19.9 Å². The van der Waals surface area contributed by atoms with Crippen LogP contribution in [-0.4, -0.2) is 24.0 Å². The first kappa shape index (κ1) is 27.1. The molecular formula is C32H29F2NO5. The number of allylic oxidation sites excluding steroid dienone is 3. The summed E-state index contributed by atoms with van der Waals surface area (Å²) in [5, 5.41) is 13.5. The Morgan fingerprint density at radius 3 is 2.58 bits per heavy atom. The quantitative estimate of drug-likeness (QED) is 0.332. The smallest absolute Gasteiger partial charge is 0.337 e. The van der Waals surface area contributed by atoms with Crippen LogP contribution in [0.1, 0.15) is 60.3 Å². The molecule has 2 aliphatic rings. The number of alkyl halides is 2. The highest BCUT2D eigenvalue weighted by Gasteiger charge is 2.42. The van der Waals surface area contributed by atoms with Gasteiger partial charge in [0, 0.05) is 40.8 Å². The molecule has 0 spiro atoms. The lowest BCUT2D eigenvalue weighted by Crippen LogP contribution is -2.36. The number of aromatic hydroxyl groups is 1. The minimum Gasteiger partial charge on any atom is -0.508 e. The summed E-state index contributed by atoms with van der Waals surface area (Å²) in [7, 11) is 1.60. The van der Waals surface area contributed by atoms with Crippen LogP contribution >= 0.6 is 0 Å². The van der Waals surface area contributed by atoms with Crippen molar-refractivity contribution in [1.82, 2.24) is 5.32 Å². The molecule has 0 saturated carbocycles. The number of hydrogen-bond donors (Lipinski definition) is 2. The molecule has 1 aliphatic heterocycles. The minimum absolute atomic E-state index is 0.00234. The first-order valence-corrected chi connectivity index (χ1v) is 13.0. The Labute approximate surface area is 230 Å². The van der Waals surface area contributed by atoms with Gasteiger partial charge in [-0.25, -0.2) is 13.6 Å². The number of rotatable bonds is 7. The van der Waals surface area contributed by atoms with Gasteiger partial charge in [0.2, 0.25) is 0 Å². The summed E-state index contributed by atoms with van der Waals surface area (Å²) in [6.07, 6.45) is -1.89. The SMILES string of the molecule is COc1ccccc1C1CC(=O)C2=C(C1)NC(C)=C(C(=O)OCc1cccc(C(F)F)c1)C2c1cccc(O)c1. The third kappa shape index (κ3) is 5.34. The van der Waals surface area contributed by atoms with Crippen molar-refractivity contribution < 1.29 is 33.0 Å². The monoisotopic (exact) mass is 545 g/mol. The Morgan fingerprint density at radius 1 is 1.05 bits per heavy atom. The second kappa shape index (κ2) is 11.3. The molecule has 2 unspecified atom stereocenters. The highest BCUT2D eigenvalue weighted by molar-refractivity contribution is 6.04. The summed E-state index contributed by atoms with van der Waals surface area (Å²) in [4.78, 5) is 27.3. The standard InChI is InChI=1S/C32H29F2NO5/c1-18-28(32(38)40-17-19-7-5-9-21(13-19)31(33)34)29(20-8-6-10-23(36)14-20)30-25(35-18)15-22(16-26(30)37)24-11-3-4-12-27(24)39-2/h3-14,22,29,31,35-36H,15-17H2,1-2H3. The molecular weight excluding hydrogens is 516 g/mol. The number of halogens is 2. The molecule has 0 radical (unpaired) electrons. The fraction of sp³-hybridized carbons (Fsp3) is 0.250. The number of phenolic OH excluding ortho intramolecular Hbond substituents is 1. The summed E-state index contributed by atoms with van der Waals surface area (Å²) < 4.78 is 37.4. The van der Waals surface area contributed by atoms with E-state index in [-0.39, 0.29) is 41.6 Å². The second-order valence-corrected chi connectivity index (χ2v) is 9.98. The number of phenols is 1. The Balaban J connectivity index is 1.49. The molecule has 6 nitrogen and oxygen atoms in total. The van der Waals surface area contributed by atoms with E-state index in [4.69, 9.17) is 9.47 Å². The highest BCUT2D eigenvalue weighted by Crippen LogP contribution is 2.47. The molecule has 3 aromatic rings. The first-order valence-electron chi connectivity index (χ1n) is 13.0. The Hall–Kier alpha value is -4.46. The molecule has 2 N–H and O–H groups in total. The average molecular weight is 546 g/mol. The van der Waals surface area contributed by atoms with Crippen molar-refractivity contribution in [2.24, 2.45) is 0 Å². The van der Waals surface area contributed by atoms with Crippen LogP contribution in [0.15, 0.2) is 95.3 Å². The topological polar surface area (TPSA) is 84.9 Å². The van der Waals surface area contributed by atoms with Gasteiger partial charge >= 0.3 is 5.97 Å². The predicted molar refractivity (Wildman–Crippen MR) is 145 cm³/mol. The van der Waals surface area contributed by atoms with E-state index in [1.54, 1.807) is 32.2 Å². The number of benzene rings is 3. The number of ketones is 1. The lowest BCUT2D eigenvalue weighted by Gasteiger charge is -2.37. The zero-order valence-electron chi connectivity index (χ0n) is 22.1. The predicted octanol–water partition coefficient (Wildman–Crippen LogP) is 6.44. The van der Waals surface area contributed by atoms with Crippen LogP contribution < -0.4 is 10.1 Å². The zero-order chi connectivity index (χ0) is 28.4. The van der Waals surface area contributed by atoms with Crippen LogP contribution in [0, 0.1) is 0 Å². The van der Waals surface area contributed by atoms with Crippen molar-refractivity contribution in [2.75, 3.05) is 7.11 Å². The van der Waals surface area contributed by atoms with Crippen LogP contribution in [-0.2, 0) is 20.9 Å². The van der Waals surface area contributed by atoms with E-state index >= 15 is 0 Å². The maximum atomic E-state index is 13.8. The van der Waals surface area contributed by atoms with E-state index in [2.05, 4.69) is 5.32 Å². The number of methoxy groups -OCH3 is 1. The molecule has 0 aromatic heterocycles. The average Bonchev–Trinajstić information content (AvgIpc) is 2.95. The van der Waals surface area contributed by atoms with Crippen molar-refractivity contribution in [3.8, 4) is 11.5 Å². The van der Waals surface area contributed by atoms with Gasteiger partial charge in [-0.15, -0.1) is 0 Å². The Morgan fingerprint density at radius 2 is 1.82 bits per heavy atom. The van der Waals surface area contributed by atoms with Crippen LogP contribution in [0.2, 0.25) is 0 Å². The van der Waals surface area contributed by atoms with E-state index in [1.165, 1.54) is 30.3 Å². The number of para-hydroxylation sites is 1. The molecule has 3 aromatic carbocycles. The number of ether oxygens (including phenoxy) is 2. The molecule has 1 heterocycles. The van der Waals surface area contributed by atoms with E-state index in [0.717, 1.165) is 5.56 Å². The lowest BCUT2D eigenvalue weighted by molar-refractivity contribution is -0.140. The fourth-order valence-corrected chi connectivity index (χ4v) is 5.62. The van der Waals surface area contributed by atoms with E-state index < -0.39 is 18.3 Å². The molecule has 5 rings (SSSR count). The number of esters is 1. The fourth-order valence-electron chi connectivity index (χ4n) is 5.62. The van der Waals surface area contributed by atoms with Crippen LogP contribution in [0.3, 0.4) is 0 Å². The third-order valence-corrected chi connectivity index (χ3v) is 7.40. The molecule has 0 saturated heterocycles. The Bertz CT molecular complexity index is 1530. The molecule has 0 fully saturated rings. The van der Waals surface area contributed by atoms with Crippen LogP contribution in [0.5, 0.6) is 11.5 Å². The van der Waals surface area contributed by atoms with Gasteiger partial charge in [0.05, 0.1) is 12.7 Å². The number of Topliss-reactive ketones (excluding diaryl/α,β-unsaturated/α-hetero) is 1. The number of hydrogen-bond acceptors (Lipinski definition) is 6. The molecule has 206 valence electrons. The van der Waals surface area contributed by atoms with E-state index in [1.807, 2.05) is 24.3 Å². The van der Waals surface area contributed by atoms with Crippen molar-refractivity contribution >= 4 is 11.8 Å². The molecule has 2 atom stereocenters. The van der Waals surface area contributed by atoms with Crippen molar-refractivity contribution in [3.63, 3.8) is 0 Å². The molecule has 40 heavy (non-hydrogen) atoms. The van der Waals surface area contributed by atoms with Gasteiger partial charge in [-0.2, -0.15) is 0 Å². The van der Waals surface area contributed by atoms with Gasteiger partial charge in [-0.05, 0) is 54.3 Å². The molecule has 0 amide bonds. The summed E-state index contributed by atoms with van der Waals surface area (Å²) in [5.74, 6) is -0.982. The largest absolute Gasteiger partial charge is 0.508 e. The van der Waals surface area contributed by atoms with Gasteiger partial charge in [-0.3, -0.25) is 4.79 Å². The number of nitrogens with one attached hydrogen (secondary N) is 1. The van der Waals surface area contributed by atoms with Gasteiger partial charge in [0.1, 0.15) is 18.1 Å². The van der Waals surface area contributed by atoms with Crippen molar-refractivity contribution in [3.05, 3.63) is 118 Å². The Kier molecular flexibility index (Phi) is 7.69. The number of dihydropyridines is 1. The first-order chi connectivity index (χ1) is 19.3. The molecule has 0 bridgehead atoms. The maximum Gasteiger partial charge on any atom is 0.337 e. The minimum atomic E-state index is -2.64. The van der Waals surface area contributed by atoms with Gasteiger partial charge in [-0.1, -0.05) is 48.5 Å². The lowest BCUT2D eigenvalue weighted by atomic mass is 9.71. The van der Waals surface area contributed by atoms with E-state index in [9.17, 15) is 23.5 Å². The summed E-state index contributed by atoms with van der Waals surface area (Å²) in [5.41, 5.74) is 3.68. The van der Waals surface area contributed by atoms with Crippen molar-refractivity contribution in [1.29, 1.82) is 0 Å². The molecule has 1 aliphatic carbocycles. The second-order valence-electron chi connectivity index (χ2n) is 9.98. The van der Waals surface area contributed by atoms with Crippen LogP contribution in [0.4, 0.5) is 8.78 Å². The van der Waals surface area contributed by atoms with Gasteiger partial charge in [0.25, 0.3) is 6.43 Å². The maximum absolute atomic E-state index is 13.8. The summed E-state index contributed by atoms with van der Waals surface area (Å²) in [6.45, 7) is 1.53. The van der Waals surface area contributed by atoms with E-state index in [0.29, 0.717) is 40.3 Å². The number of carbonyl (C=O) groups is 2. The molecule has 8 heteroatoms. The third-order valence-electron chi connectivity index (χ3n) is 7.40. The number of carbonyl (C=O) groups excluding carboxylic acids is 2. The summed E-state index contributed by atoms with van der Waals surface area (Å²) >= 11 is 0.